The van der Waals surface area contributed by atoms with E-state index in [1.807, 2.05) is 31.2 Å². The largest absolute Gasteiger partial charge is 0.494 e. The topological polar surface area (TPSA) is 72.5 Å². The van der Waals surface area contributed by atoms with Crippen molar-refractivity contribution < 1.29 is 17.9 Å². The van der Waals surface area contributed by atoms with Crippen LogP contribution in [0.15, 0.2) is 47.4 Å². The molecular weight excluding hydrogens is 338 g/mol. The Hall–Kier alpha value is -2.34. The maximum absolute atomic E-state index is 12.2. The first kappa shape index (κ1) is 19.0. The molecule has 0 radical (unpaired) electrons. The molecule has 2 aromatic rings. The van der Waals surface area contributed by atoms with E-state index in [0.29, 0.717) is 30.7 Å². The van der Waals surface area contributed by atoms with Crippen molar-refractivity contribution in [1.82, 2.24) is 5.32 Å². The molecular formula is C19H23NO4S. The van der Waals surface area contributed by atoms with Gasteiger partial charge in [0.25, 0.3) is 5.91 Å². The van der Waals surface area contributed by atoms with Gasteiger partial charge in [0.1, 0.15) is 5.75 Å². The van der Waals surface area contributed by atoms with Gasteiger partial charge in [0, 0.05) is 18.4 Å². The van der Waals surface area contributed by atoms with Crippen LogP contribution < -0.4 is 10.1 Å². The fourth-order valence-corrected chi connectivity index (χ4v) is 3.41. The van der Waals surface area contributed by atoms with Crippen LogP contribution in [0.1, 0.15) is 27.9 Å². The molecule has 0 heterocycles. The number of aryl methyl sites for hydroxylation is 2. The quantitative estimate of drug-likeness (QED) is 0.770. The lowest BCUT2D eigenvalue weighted by molar-refractivity contribution is 0.0951. The van der Waals surface area contributed by atoms with Crippen LogP contribution in [0.2, 0.25) is 0 Å². The van der Waals surface area contributed by atoms with Crippen molar-refractivity contribution in [1.29, 1.82) is 0 Å². The van der Waals surface area contributed by atoms with E-state index in [0.717, 1.165) is 17.6 Å². The van der Waals surface area contributed by atoms with Gasteiger partial charge in [-0.3, -0.25) is 4.79 Å². The summed E-state index contributed by atoms with van der Waals surface area (Å²) in [6, 6.07) is 12.5. The fourth-order valence-electron chi connectivity index (χ4n) is 2.41. The number of rotatable bonds is 7. The van der Waals surface area contributed by atoms with Crippen molar-refractivity contribution in [2.24, 2.45) is 0 Å². The molecule has 0 fully saturated rings. The maximum Gasteiger partial charge on any atom is 0.251 e. The highest BCUT2D eigenvalue weighted by Gasteiger charge is 2.14. The Balaban J connectivity index is 1.84. The zero-order valence-electron chi connectivity index (χ0n) is 14.7. The molecule has 6 heteroatoms. The summed E-state index contributed by atoms with van der Waals surface area (Å²) in [4.78, 5) is 12.3. The molecule has 0 saturated heterocycles. The summed E-state index contributed by atoms with van der Waals surface area (Å²) < 4.78 is 29.1. The van der Waals surface area contributed by atoms with Gasteiger partial charge in [-0.1, -0.05) is 18.2 Å². The minimum absolute atomic E-state index is 0.183. The Morgan fingerprint density at radius 2 is 1.88 bits per heavy atom. The highest BCUT2D eigenvalue weighted by molar-refractivity contribution is 7.90. The van der Waals surface area contributed by atoms with Gasteiger partial charge in [-0.15, -0.1) is 0 Å². The molecule has 1 N–H and O–H groups in total. The molecule has 2 rings (SSSR count). The normalized spacial score (nSPS) is 11.2. The molecule has 0 aliphatic carbocycles. The van der Waals surface area contributed by atoms with Crippen molar-refractivity contribution in [3.8, 4) is 5.75 Å². The Kier molecular flexibility index (Phi) is 6.20. The smallest absolute Gasteiger partial charge is 0.251 e. The zero-order chi connectivity index (χ0) is 18.4. The standard InChI is InChI=1S/C19H23NO4S/c1-14-6-4-7-17(12-14)24-11-5-10-20-19(21)16-9-8-15(2)18(13-16)25(3,22)23/h4,6-9,12-13H,5,10-11H2,1-3H3,(H,20,21). The van der Waals surface area contributed by atoms with E-state index in [2.05, 4.69) is 5.32 Å². The van der Waals surface area contributed by atoms with Crippen LogP contribution >= 0.6 is 0 Å². The van der Waals surface area contributed by atoms with Crippen molar-refractivity contribution >= 4 is 15.7 Å². The first-order valence-corrected chi connectivity index (χ1v) is 9.95. The Morgan fingerprint density at radius 3 is 2.56 bits per heavy atom. The first-order valence-electron chi connectivity index (χ1n) is 8.06. The van der Waals surface area contributed by atoms with Crippen molar-refractivity contribution in [3.05, 3.63) is 59.2 Å². The second-order valence-corrected chi connectivity index (χ2v) is 8.01. The number of hydrogen-bond donors (Lipinski definition) is 1. The Labute approximate surface area is 148 Å². The van der Waals surface area contributed by atoms with Crippen LogP contribution in [0.3, 0.4) is 0 Å². The van der Waals surface area contributed by atoms with E-state index >= 15 is 0 Å². The molecule has 25 heavy (non-hydrogen) atoms. The summed E-state index contributed by atoms with van der Waals surface area (Å²) in [6.45, 7) is 4.65. The maximum atomic E-state index is 12.2. The summed E-state index contributed by atoms with van der Waals surface area (Å²) in [5.41, 5.74) is 2.10. The second kappa shape index (κ2) is 8.16. The number of hydrogen-bond acceptors (Lipinski definition) is 4. The molecule has 134 valence electrons. The number of ether oxygens (including phenoxy) is 1. The number of benzene rings is 2. The van der Waals surface area contributed by atoms with Gasteiger partial charge >= 0.3 is 0 Å². The molecule has 0 unspecified atom stereocenters. The minimum Gasteiger partial charge on any atom is -0.494 e. The molecule has 2 aromatic carbocycles. The molecule has 0 aromatic heterocycles. The van der Waals surface area contributed by atoms with E-state index in [-0.39, 0.29) is 10.8 Å². The van der Waals surface area contributed by atoms with Crippen molar-refractivity contribution in [2.45, 2.75) is 25.2 Å². The van der Waals surface area contributed by atoms with Gasteiger partial charge in [-0.05, 0) is 55.7 Å². The molecule has 0 aliphatic heterocycles. The summed E-state index contributed by atoms with van der Waals surface area (Å²) in [5.74, 6) is 0.517. The predicted molar refractivity (Wildman–Crippen MR) is 97.9 cm³/mol. The molecule has 0 spiro atoms. The van der Waals surface area contributed by atoms with Crippen molar-refractivity contribution in [3.63, 3.8) is 0 Å². The third-order valence-electron chi connectivity index (χ3n) is 3.71. The molecule has 0 bridgehead atoms. The van der Waals surface area contributed by atoms with E-state index in [4.69, 9.17) is 4.74 Å². The van der Waals surface area contributed by atoms with Crippen LogP contribution in [0.4, 0.5) is 0 Å². The van der Waals surface area contributed by atoms with Gasteiger partial charge in [0.2, 0.25) is 0 Å². The van der Waals surface area contributed by atoms with Crippen LogP contribution in [-0.4, -0.2) is 33.7 Å². The summed E-state index contributed by atoms with van der Waals surface area (Å²) in [7, 11) is -3.35. The van der Waals surface area contributed by atoms with Crippen LogP contribution in [-0.2, 0) is 9.84 Å². The summed E-state index contributed by atoms with van der Waals surface area (Å²) >= 11 is 0. The van der Waals surface area contributed by atoms with Gasteiger partial charge in [-0.2, -0.15) is 0 Å². The van der Waals surface area contributed by atoms with Gasteiger partial charge in [-0.25, -0.2) is 8.42 Å². The second-order valence-electron chi connectivity index (χ2n) is 6.03. The van der Waals surface area contributed by atoms with E-state index < -0.39 is 9.84 Å². The van der Waals surface area contributed by atoms with E-state index in [1.54, 1.807) is 19.1 Å². The fraction of sp³-hybridized carbons (Fsp3) is 0.316. The van der Waals surface area contributed by atoms with Gasteiger partial charge in [0.15, 0.2) is 9.84 Å². The number of nitrogens with one attached hydrogen (secondary N) is 1. The molecule has 1 amide bonds. The number of carbonyl (C=O) groups excluding carboxylic acids is 1. The average Bonchev–Trinajstić information content (AvgIpc) is 2.53. The van der Waals surface area contributed by atoms with E-state index in [9.17, 15) is 13.2 Å². The highest BCUT2D eigenvalue weighted by atomic mass is 32.2. The van der Waals surface area contributed by atoms with Gasteiger partial charge in [0.05, 0.1) is 11.5 Å². The third-order valence-corrected chi connectivity index (χ3v) is 4.95. The van der Waals surface area contributed by atoms with Crippen molar-refractivity contribution in [2.75, 3.05) is 19.4 Å². The lowest BCUT2D eigenvalue weighted by atomic mass is 10.1. The molecule has 0 saturated carbocycles. The Bertz CT molecular complexity index is 859. The molecule has 5 nitrogen and oxygen atoms in total. The minimum atomic E-state index is -3.35. The van der Waals surface area contributed by atoms with Gasteiger partial charge < -0.3 is 10.1 Å². The number of amides is 1. The number of sulfone groups is 1. The number of carbonyl (C=O) groups is 1. The lowest BCUT2D eigenvalue weighted by Gasteiger charge is -2.09. The average molecular weight is 361 g/mol. The third kappa shape index (κ3) is 5.60. The highest BCUT2D eigenvalue weighted by Crippen LogP contribution is 2.17. The first-order chi connectivity index (χ1) is 11.8. The molecule has 0 atom stereocenters. The zero-order valence-corrected chi connectivity index (χ0v) is 15.5. The summed E-state index contributed by atoms with van der Waals surface area (Å²) in [5, 5.41) is 2.78. The van der Waals surface area contributed by atoms with Crippen LogP contribution in [0.5, 0.6) is 5.75 Å². The molecule has 0 aliphatic rings. The van der Waals surface area contributed by atoms with Crippen LogP contribution in [0.25, 0.3) is 0 Å². The summed E-state index contributed by atoms with van der Waals surface area (Å²) in [6.07, 6.45) is 1.80. The Morgan fingerprint density at radius 1 is 1.12 bits per heavy atom. The van der Waals surface area contributed by atoms with Crippen LogP contribution in [0, 0.1) is 13.8 Å². The van der Waals surface area contributed by atoms with E-state index in [1.165, 1.54) is 6.07 Å². The monoisotopic (exact) mass is 361 g/mol. The SMILES string of the molecule is Cc1cccc(OCCCNC(=O)c2ccc(C)c(S(C)(=O)=O)c2)c1. The predicted octanol–water partition coefficient (Wildman–Crippen LogP) is 2.91. The lowest BCUT2D eigenvalue weighted by Crippen LogP contribution is -2.25.